The van der Waals surface area contributed by atoms with Crippen LogP contribution in [0.3, 0.4) is 0 Å². The van der Waals surface area contributed by atoms with Crippen molar-refractivity contribution in [1.29, 1.82) is 0 Å². The standard InChI is InChI=1S/C28H29ClN4O3S/c1-20-3-7-22(8-4-20)18-33(37(35,36)24-10-5-21(2)6-11-24)19-28(34)32-16-15-31-26-13-14-30-27-17-23(29)9-12-25(26)27/h3-14,17H,15-16,18-19H2,1-2H3,(H,30,31)(H,32,34). The van der Waals surface area contributed by atoms with E-state index < -0.39 is 10.0 Å². The fourth-order valence-corrected chi connectivity index (χ4v) is 5.42. The number of sulfonamides is 1. The Hall–Kier alpha value is -3.46. The van der Waals surface area contributed by atoms with E-state index in [-0.39, 0.29) is 23.9 Å². The first-order valence-electron chi connectivity index (χ1n) is 11.9. The number of rotatable bonds is 10. The topological polar surface area (TPSA) is 91.4 Å². The van der Waals surface area contributed by atoms with Gasteiger partial charge in [-0.15, -0.1) is 0 Å². The van der Waals surface area contributed by atoms with Gasteiger partial charge in [0.15, 0.2) is 0 Å². The summed E-state index contributed by atoms with van der Waals surface area (Å²) in [6.07, 6.45) is 1.69. The highest BCUT2D eigenvalue weighted by Crippen LogP contribution is 2.24. The number of hydrogen-bond acceptors (Lipinski definition) is 5. The number of carbonyl (C=O) groups excluding carboxylic acids is 1. The molecule has 1 aromatic heterocycles. The van der Waals surface area contributed by atoms with Crippen LogP contribution in [0.15, 0.2) is 83.9 Å². The Labute approximate surface area is 222 Å². The molecule has 1 amide bonds. The highest BCUT2D eigenvalue weighted by atomic mass is 35.5. The number of benzene rings is 3. The third-order valence-corrected chi connectivity index (χ3v) is 7.97. The summed E-state index contributed by atoms with van der Waals surface area (Å²) in [4.78, 5) is 17.3. The van der Waals surface area contributed by atoms with Crippen LogP contribution in [-0.4, -0.2) is 43.2 Å². The Balaban J connectivity index is 1.41. The van der Waals surface area contributed by atoms with Crippen LogP contribution >= 0.6 is 11.6 Å². The smallest absolute Gasteiger partial charge is 0.243 e. The zero-order valence-corrected chi connectivity index (χ0v) is 22.3. The van der Waals surface area contributed by atoms with Gasteiger partial charge >= 0.3 is 0 Å². The molecule has 3 aromatic carbocycles. The van der Waals surface area contributed by atoms with Crippen molar-refractivity contribution in [2.24, 2.45) is 0 Å². The molecule has 0 unspecified atom stereocenters. The van der Waals surface area contributed by atoms with Gasteiger partial charge in [-0.05, 0) is 55.8 Å². The fourth-order valence-electron chi connectivity index (χ4n) is 3.87. The second kappa shape index (κ2) is 11.7. The average molecular weight is 537 g/mol. The number of fused-ring (bicyclic) bond motifs is 1. The van der Waals surface area contributed by atoms with Crippen LogP contribution in [0.5, 0.6) is 0 Å². The molecule has 0 saturated carbocycles. The minimum Gasteiger partial charge on any atom is -0.383 e. The lowest BCUT2D eigenvalue weighted by atomic mass is 10.1. The molecule has 0 aliphatic carbocycles. The van der Waals surface area contributed by atoms with E-state index in [0.717, 1.165) is 33.3 Å². The van der Waals surface area contributed by atoms with E-state index in [1.54, 1.807) is 42.6 Å². The minimum atomic E-state index is -3.88. The van der Waals surface area contributed by atoms with Gasteiger partial charge in [-0.3, -0.25) is 9.78 Å². The molecule has 0 atom stereocenters. The highest BCUT2D eigenvalue weighted by Gasteiger charge is 2.26. The number of anilines is 1. The number of carbonyl (C=O) groups is 1. The molecule has 0 radical (unpaired) electrons. The van der Waals surface area contributed by atoms with Crippen molar-refractivity contribution in [1.82, 2.24) is 14.6 Å². The molecule has 4 aromatic rings. The maximum atomic E-state index is 13.4. The third kappa shape index (κ3) is 6.85. The summed E-state index contributed by atoms with van der Waals surface area (Å²) in [5.41, 5.74) is 4.49. The Morgan fingerprint density at radius 2 is 1.59 bits per heavy atom. The van der Waals surface area contributed by atoms with Gasteiger partial charge in [-0.25, -0.2) is 8.42 Å². The van der Waals surface area contributed by atoms with Crippen LogP contribution in [0.4, 0.5) is 5.69 Å². The number of pyridine rings is 1. The van der Waals surface area contributed by atoms with Crippen molar-refractivity contribution in [3.8, 4) is 0 Å². The number of halogens is 1. The number of hydrogen-bond donors (Lipinski definition) is 2. The SMILES string of the molecule is Cc1ccc(CN(CC(=O)NCCNc2ccnc3cc(Cl)ccc23)S(=O)(=O)c2ccc(C)cc2)cc1. The van der Waals surface area contributed by atoms with Crippen LogP contribution in [0, 0.1) is 13.8 Å². The van der Waals surface area contributed by atoms with Crippen molar-refractivity contribution in [3.05, 3.63) is 101 Å². The van der Waals surface area contributed by atoms with E-state index >= 15 is 0 Å². The van der Waals surface area contributed by atoms with Crippen molar-refractivity contribution in [2.75, 3.05) is 25.0 Å². The molecule has 0 aliphatic heterocycles. The molecular weight excluding hydrogens is 508 g/mol. The van der Waals surface area contributed by atoms with Crippen LogP contribution in [0.1, 0.15) is 16.7 Å². The fraction of sp³-hybridized carbons (Fsp3) is 0.214. The van der Waals surface area contributed by atoms with E-state index in [1.807, 2.05) is 50.2 Å². The van der Waals surface area contributed by atoms with Crippen molar-refractivity contribution in [2.45, 2.75) is 25.3 Å². The Morgan fingerprint density at radius 3 is 2.30 bits per heavy atom. The molecule has 9 heteroatoms. The van der Waals surface area contributed by atoms with Gasteiger partial charge in [0.1, 0.15) is 0 Å². The van der Waals surface area contributed by atoms with Gasteiger partial charge in [0.25, 0.3) is 0 Å². The minimum absolute atomic E-state index is 0.0910. The zero-order valence-electron chi connectivity index (χ0n) is 20.7. The first-order chi connectivity index (χ1) is 17.7. The number of aryl methyl sites for hydroxylation is 2. The molecule has 0 aliphatic rings. The second-order valence-electron chi connectivity index (χ2n) is 8.87. The van der Waals surface area contributed by atoms with Gasteiger partial charge in [0, 0.05) is 41.9 Å². The average Bonchev–Trinajstić information content (AvgIpc) is 2.87. The van der Waals surface area contributed by atoms with E-state index in [0.29, 0.717) is 18.1 Å². The van der Waals surface area contributed by atoms with Crippen molar-refractivity contribution < 1.29 is 13.2 Å². The molecule has 37 heavy (non-hydrogen) atoms. The van der Waals surface area contributed by atoms with Crippen LogP contribution in [0.2, 0.25) is 5.02 Å². The lowest BCUT2D eigenvalue weighted by molar-refractivity contribution is -0.121. The van der Waals surface area contributed by atoms with E-state index in [4.69, 9.17) is 11.6 Å². The quantitative estimate of drug-likeness (QED) is 0.281. The summed E-state index contributed by atoms with van der Waals surface area (Å²) in [6, 6.07) is 21.6. The number of nitrogens with zero attached hydrogens (tertiary/aromatic N) is 2. The second-order valence-corrected chi connectivity index (χ2v) is 11.2. The van der Waals surface area contributed by atoms with E-state index in [1.165, 1.54) is 4.31 Å². The summed E-state index contributed by atoms with van der Waals surface area (Å²) in [6.45, 7) is 4.44. The highest BCUT2D eigenvalue weighted by molar-refractivity contribution is 7.89. The summed E-state index contributed by atoms with van der Waals surface area (Å²) in [5, 5.41) is 7.65. The monoisotopic (exact) mass is 536 g/mol. The predicted molar refractivity (Wildman–Crippen MR) is 148 cm³/mol. The predicted octanol–water partition coefficient (Wildman–Crippen LogP) is 4.92. The van der Waals surface area contributed by atoms with Crippen LogP contribution in [0.25, 0.3) is 10.9 Å². The molecule has 1 heterocycles. The Morgan fingerprint density at radius 1 is 0.919 bits per heavy atom. The third-order valence-electron chi connectivity index (χ3n) is 5.93. The van der Waals surface area contributed by atoms with E-state index in [2.05, 4.69) is 15.6 Å². The van der Waals surface area contributed by atoms with Crippen molar-refractivity contribution >= 4 is 44.1 Å². The summed E-state index contributed by atoms with van der Waals surface area (Å²) >= 11 is 6.06. The zero-order chi connectivity index (χ0) is 26.4. The van der Waals surface area contributed by atoms with Gasteiger partial charge in [0.05, 0.1) is 17.0 Å². The Kier molecular flexibility index (Phi) is 8.43. The maximum absolute atomic E-state index is 13.4. The maximum Gasteiger partial charge on any atom is 0.243 e. The molecule has 0 fully saturated rings. The van der Waals surface area contributed by atoms with Crippen LogP contribution < -0.4 is 10.6 Å². The van der Waals surface area contributed by atoms with E-state index in [9.17, 15) is 13.2 Å². The molecule has 2 N–H and O–H groups in total. The lowest BCUT2D eigenvalue weighted by Gasteiger charge is -2.22. The summed E-state index contributed by atoms with van der Waals surface area (Å²) < 4.78 is 28.1. The molecule has 7 nitrogen and oxygen atoms in total. The first-order valence-corrected chi connectivity index (χ1v) is 13.7. The lowest BCUT2D eigenvalue weighted by Crippen LogP contribution is -2.41. The number of amides is 1. The molecule has 192 valence electrons. The van der Waals surface area contributed by atoms with Gasteiger partial charge < -0.3 is 10.6 Å². The van der Waals surface area contributed by atoms with Gasteiger partial charge in [-0.1, -0.05) is 59.1 Å². The normalized spacial score (nSPS) is 11.6. The molecular formula is C28H29ClN4O3S. The first kappa shape index (κ1) is 26.6. The van der Waals surface area contributed by atoms with Gasteiger partial charge in [0.2, 0.25) is 15.9 Å². The molecule has 0 spiro atoms. The summed E-state index contributed by atoms with van der Waals surface area (Å²) in [5.74, 6) is -0.379. The summed E-state index contributed by atoms with van der Waals surface area (Å²) in [7, 11) is -3.88. The largest absolute Gasteiger partial charge is 0.383 e. The van der Waals surface area contributed by atoms with Gasteiger partial charge in [-0.2, -0.15) is 4.31 Å². The number of nitrogens with one attached hydrogen (secondary N) is 2. The Bertz CT molecular complexity index is 1490. The molecule has 0 bridgehead atoms. The molecule has 0 saturated heterocycles. The number of aromatic nitrogens is 1. The van der Waals surface area contributed by atoms with Crippen LogP contribution in [-0.2, 0) is 21.4 Å². The van der Waals surface area contributed by atoms with Crippen molar-refractivity contribution in [3.63, 3.8) is 0 Å². The molecule has 4 rings (SSSR count).